The molecule has 11 rings (SSSR count). The molecular weight excluding hydrogens is 1090 g/mol. The summed E-state index contributed by atoms with van der Waals surface area (Å²) in [7, 11) is 12.7. The van der Waals surface area contributed by atoms with Crippen LogP contribution in [-0.4, -0.2) is 72.2 Å². The minimum Gasteiger partial charge on any atom is -1.00 e. The van der Waals surface area contributed by atoms with Crippen LogP contribution in [0.1, 0.15) is 0 Å². The number of hydrogen-bond acceptors (Lipinski definition) is 8. The van der Waals surface area contributed by atoms with E-state index < -0.39 is 0 Å². The van der Waals surface area contributed by atoms with E-state index in [9.17, 15) is 0 Å². The summed E-state index contributed by atoms with van der Waals surface area (Å²) in [6.07, 6.45) is 0. The Bertz CT molecular complexity index is 3260. The average molecular weight is 1130 g/mol. The number of fused-ring (bicyclic) bond motifs is 20. The maximum atomic E-state index is 6.79. The largest absolute Gasteiger partial charge is 2.00 e. The molecule has 0 saturated heterocycles. The number of quaternary nitrogens is 2. The van der Waals surface area contributed by atoms with Gasteiger partial charge in [0.1, 0.15) is 22.9 Å². The fraction of sp³-hybridized carbons (Fsp3) is 0.120. The molecule has 0 N–H and O–H groups in total. The molecule has 3 aromatic heterocycles. The van der Waals surface area contributed by atoms with Gasteiger partial charge in [0, 0.05) is 57.0 Å². The van der Waals surface area contributed by atoms with Crippen molar-refractivity contribution in [2.24, 2.45) is 0 Å². The van der Waals surface area contributed by atoms with Crippen LogP contribution in [-0.2, 0) is 19.5 Å². The van der Waals surface area contributed by atoms with E-state index in [1.54, 1.807) is 0 Å². The molecule has 12 nitrogen and oxygen atoms in total. The van der Waals surface area contributed by atoms with Crippen LogP contribution in [0.4, 0.5) is 11.4 Å². The maximum Gasteiger partial charge on any atom is 2.00 e. The number of halogens is 2. The third kappa shape index (κ3) is 8.51. The van der Waals surface area contributed by atoms with E-state index >= 15 is 0 Å². The van der Waals surface area contributed by atoms with Crippen molar-refractivity contribution in [3.63, 3.8) is 0 Å². The van der Waals surface area contributed by atoms with Gasteiger partial charge in [-0.1, -0.05) is 84.9 Å². The van der Waals surface area contributed by atoms with Crippen LogP contribution >= 0.6 is 0 Å². The van der Waals surface area contributed by atoms with Gasteiger partial charge in [-0.25, -0.2) is 9.97 Å². The van der Waals surface area contributed by atoms with Gasteiger partial charge in [0.25, 0.3) is 0 Å². The first kappa shape index (κ1) is 45.8. The quantitative estimate of drug-likeness (QED) is 0.137. The minimum absolute atomic E-state index is 0. The molecule has 5 heterocycles. The summed E-state index contributed by atoms with van der Waals surface area (Å²) in [4.78, 5) is 40.7. The molecule has 2 aliphatic rings. The topological polar surface area (TPSA) is 124 Å². The van der Waals surface area contributed by atoms with Crippen molar-refractivity contribution in [1.82, 2.24) is 48.8 Å². The second-order valence-electron chi connectivity index (χ2n) is 17.2. The fourth-order valence-corrected chi connectivity index (χ4v) is 7.86. The van der Waals surface area contributed by atoms with Gasteiger partial charge in [0.2, 0.25) is 0 Å². The molecule has 0 saturated carbocycles. The van der Waals surface area contributed by atoms with Crippen molar-refractivity contribution < 1.29 is 76.9 Å². The number of ether oxygens (including phenoxy) is 2. The zero-order valence-electron chi connectivity index (χ0n) is 36.5. The van der Waals surface area contributed by atoms with Gasteiger partial charge < -0.3 is 87.3 Å². The zero-order chi connectivity index (χ0) is 42.3. The van der Waals surface area contributed by atoms with Crippen LogP contribution in [0.15, 0.2) is 133 Å². The first-order chi connectivity index (χ1) is 29.9. The summed E-state index contributed by atoms with van der Waals surface area (Å²) in [6.45, 7) is 0. The molecule has 0 atom stereocenters. The number of rotatable bonds is 6. The normalized spacial score (nSPS) is 11.8. The monoisotopic (exact) mass is 1130 g/mol. The minimum atomic E-state index is 0. The van der Waals surface area contributed by atoms with Gasteiger partial charge in [0.15, 0.2) is 11.5 Å². The van der Waals surface area contributed by atoms with Crippen LogP contribution in [0, 0.1) is 0 Å². The Balaban J connectivity index is 0.00000192. The second kappa shape index (κ2) is 17.6. The molecule has 0 spiro atoms. The van der Waals surface area contributed by atoms with Crippen LogP contribution in [0.3, 0.4) is 0 Å². The Labute approximate surface area is 422 Å². The Morgan fingerprint density at radius 1 is 0.369 bits per heavy atom. The van der Waals surface area contributed by atoms with Crippen molar-refractivity contribution in [2.75, 3.05) is 42.3 Å². The smallest absolute Gasteiger partial charge is 1.00 e. The average Bonchev–Trinajstić information content (AvgIpc) is 3.99. The van der Waals surface area contributed by atoms with Gasteiger partial charge in [-0.2, -0.15) is 0 Å². The SMILES string of the molecule is C[N+](C)(C)c1cccc(Oc2cc3c4nc5nc(nc6[n-]c(nc7nc(nc([n-]4)c3cc2Oc2cccc([N+](C)(C)C)c2)-c2ccccc2-7)c2ccccc62)-c2ccccc2-5)c1.[I-].[I-].[Zn+2]. The fourth-order valence-electron chi connectivity index (χ4n) is 7.86. The Morgan fingerprint density at radius 2 is 0.692 bits per heavy atom. The van der Waals surface area contributed by atoms with Crippen molar-refractivity contribution in [2.45, 2.75) is 0 Å². The molecule has 0 fully saturated rings. The molecule has 0 radical (unpaired) electrons. The Morgan fingerprint density at radius 3 is 1.03 bits per heavy atom. The van der Waals surface area contributed by atoms with Crippen LogP contribution in [0.5, 0.6) is 23.0 Å². The third-order valence-corrected chi connectivity index (χ3v) is 11.1. The summed E-state index contributed by atoms with van der Waals surface area (Å²) in [5.41, 5.74) is 7.31. The predicted octanol–water partition coefficient (Wildman–Crippen LogP) is 4.11. The van der Waals surface area contributed by atoms with Crippen molar-refractivity contribution in [1.29, 1.82) is 0 Å². The molecule has 318 valence electrons. The summed E-state index contributed by atoms with van der Waals surface area (Å²) in [6, 6.07) is 43.8. The van der Waals surface area contributed by atoms with E-state index in [0.717, 1.165) is 44.4 Å². The number of aromatic nitrogens is 8. The van der Waals surface area contributed by atoms with Crippen molar-refractivity contribution in [3.05, 3.63) is 133 Å². The summed E-state index contributed by atoms with van der Waals surface area (Å²) in [5.74, 6) is 4.19. The van der Waals surface area contributed by atoms with Gasteiger partial charge in [-0.3, -0.25) is 8.97 Å². The molecule has 0 amide bonds. The standard InChI is InChI=1S/C50H40N10O2.2HI.Zn/c1-59(2,3)29-15-13-17-31(25-29)61-41-27-39-40(28-42(41)62-32-18-14-16-30(26-32)60(4,5)6)50-57-48-38-24-12-10-22-36(38)46(55-48)53-44-34-20-8-7-19-33(34)43(51-44)52-45-35-21-9-11-23-37(35)47(54-45)56-49(39)58-50;;;/h7-28H,1-6H3;2*1H;/q;;;+2/p-2. The van der Waals surface area contributed by atoms with Crippen LogP contribution in [0.25, 0.3) is 89.7 Å². The first-order valence-corrected chi connectivity index (χ1v) is 20.3. The molecule has 0 unspecified atom stereocenters. The number of hydrogen-bond donors (Lipinski definition) is 0. The first-order valence-electron chi connectivity index (χ1n) is 20.3. The molecule has 2 aliphatic heterocycles. The maximum absolute atomic E-state index is 6.79. The van der Waals surface area contributed by atoms with E-state index in [1.807, 2.05) is 121 Å². The van der Waals surface area contributed by atoms with E-state index in [1.165, 1.54) is 0 Å². The van der Waals surface area contributed by atoms with Crippen molar-refractivity contribution in [3.8, 4) is 68.5 Å². The molecular formula is C50H40I2N10O2Zn. The second-order valence-corrected chi connectivity index (χ2v) is 17.2. The Kier molecular flexibility index (Phi) is 12.4. The van der Waals surface area contributed by atoms with Gasteiger partial charge >= 0.3 is 19.5 Å². The Hall–Kier alpha value is -5.72. The van der Waals surface area contributed by atoms with Crippen molar-refractivity contribution >= 4 is 55.5 Å². The molecule has 8 bridgehead atoms. The van der Waals surface area contributed by atoms with Crippen LogP contribution in [0.2, 0.25) is 0 Å². The van der Waals surface area contributed by atoms with Gasteiger partial charge in [-0.05, 0) is 57.9 Å². The summed E-state index contributed by atoms with van der Waals surface area (Å²) >= 11 is 0. The van der Waals surface area contributed by atoms with Gasteiger partial charge in [0.05, 0.1) is 65.6 Å². The molecule has 0 aliphatic carbocycles. The van der Waals surface area contributed by atoms with Crippen LogP contribution < -0.4 is 76.4 Å². The number of benzene rings is 6. The number of nitrogens with zero attached hydrogens (tertiary/aromatic N) is 10. The van der Waals surface area contributed by atoms with E-state index in [4.69, 9.17) is 49.3 Å². The van der Waals surface area contributed by atoms with E-state index in [0.29, 0.717) is 88.6 Å². The summed E-state index contributed by atoms with van der Waals surface area (Å²) in [5, 5.41) is 3.10. The summed E-state index contributed by atoms with van der Waals surface area (Å²) < 4.78 is 14.8. The molecule has 6 aromatic carbocycles. The van der Waals surface area contributed by atoms with Gasteiger partial charge in [-0.15, -0.1) is 0 Å². The van der Waals surface area contributed by atoms with E-state index in [-0.39, 0.29) is 67.4 Å². The molecule has 9 aromatic rings. The zero-order valence-corrected chi connectivity index (χ0v) is 43.7. The molecule has 15 heteroatoms. The third-order valence-electron chi connectivity index (χ3n) is 11.1. The predicted molar refractivity (Wildman–Crippen MR) is 246 cm³/mol. The van der Waals surface area contributed by atoms with E-state index in [2.05, 4.69) is 54.4 Å². The molecule has 65 heavy (non-hydrogen) atoms.